The lowest BCUT2D eigenvalue weighted by Gasteiger charge is -2.25. The van der Waals surface area contributed by atoms with E-state index in [1.807, 2.05) is 13.0 Å². The van der Waals surface area contributed by atoms with Crippen LogP contribution < -0.4 is 0 Å². The summed E-state index contributed by atoms with van der Waals surface area (Å²) in [4.78, 5) is 0.853. The van der Waals surface area contributed by atoms with E-state index in [0.29, 0.717) is 9.80 Å². The van der Waals surface area contributed by atoms with Crippen LogP contribution >= 0.6 is 0 Å². The van der Waals surface area contributed by atoms with Gasteiger partial charge in [-0.15, -0.1) is 0 Å². The average molecular weight is 266 g/mol. The van der Waals surface area contributed by atoms with Gasteiger partial charge in [-0.2, -0.15) is 0 Å². The molecule has 0 aliphatic heterocycles. The summed E-state index contributed by atoms with van der Waals surface area (Å²) in [6.45, 7) is 1.96. The zero-order valence-electron chi connectivity index (χ0n) is 10.7. The van der Waals surface area contributed by atoms with Crippen LogP contribution in [0, 0.1) is 5.92 Å². The summed E-state index contributed by atoms with van der Waals surface area (Å²) in [5, 5.41) is 0. The largest absolute Gasteiger partial charge is 0.377 e. The van der Waals surface area contributed by atoms with Crippen LogP contribution in [0.15, 0.2) is 46.2 Å². The van der Waals surface area contributed by atoms with Crippen molar-refractivity contribution in [2.24, 2.45) is 5.92 Å². The molecule has 4 heteroatoms. The fourth-order valence-electron chi connectivity index (χ4n) is 2.26. The minimum absolute atomic E-state index is 0.0570. The molecule has 0 saturated carbocycles. The number of benzene rings is 1. The third-order valence-corrected chi connectivity index (χ3v) is 5.44. The van der Waals surface area contributed by atoms with Crippen molar-refractivity contribution in [2.75, 3.05) is 7.11 Å². The predicted octanol–water partition coefficient (Wildman–Crippen LogP) is 2.79. The van der Waals surface area contributed by atoms with E-state index < -0.39 is 9.84 Å². The van der Waals surface area contributed by atoms with E-state index in [4.69, 9.17) is 4.74 Å². The molecule has 0 radical (unpaired) electrons. The molecule has 18 heavy (non-hydrogen) atoms. The van der Waals surface area contributed by atoms with Crippen LogP contribution in [-0.4, -0.2) is 21.6 Å². The first-order valence-corrected chi connectivity index (χ1v) is 7.58. The number of ether oxygens (including phenoxy) is 1. The van der Waals surface area contributed by atoms with E-state index in [1.54, 1.807) is 37.5 Å². The maximum Gasteiger partial charge on any atom is 0.202 e. The minimum Gasteiger partial charge on any atom is -0.377 e. The molecule has 0 N–H and O–H groups in total. The highest BCUT2D eigenvalue weighted by atomic mass is 32.2. The molecule has 2 atom stereocenters. The maximum atomic E-state index is 12.5. The highest BCUT2D eigenvalue weighted by molar-refractivity contribution is 7.95. The second-order valence-electron chi connectivity index (χ2n) is 4.64. The quantitative estimate of drug-likeness (QED) is 0.845. The van der Waals surface area contributed by atoms with Crippen molar-refractivity contribution in [3.63, 3.8) is 0 Å². The summed E-state index contributed by atoms with van der Waals surface area (Å²) in [6, 6.07) is 8.58. The number of hydrogen-bond donors (Lipinski definition) is 0. The molecule has 0 amide bonds. The van der Waals surface area contributed by atoms with Crippen LogP contribution in [0.1, 0.15) is 19.8 Å². The van der Waals surface area contributed by atoms with E-state index >= 15 is 0 Å². The summed E-state index contributed by atoms with van der Waals surface area (Å²) in [5.41, 5.74) is 0. The van der Waals surface area contributed by atoms with Crippen molar-refractivity contribution in [2.45, 2.75) is 30.8 Å². The molecule has 0 aromatic heterocycles. The van der Waals surface area contributed by atoms with Gasteiger partial charge in [-0.05, 0) is 37.0 Å². The standard InChI is InChI=1S/C14H18O3S/c1-11-8-9-12(17-2)10-14(11)18(15,16)13-6-4-3-5-7-13/h3-7,10-12H,8-9H2,1-2H3/t11-,12-/m0/s1. The van der Waals surface area contributed by atoms with Crippen LogP contribution in [0.25, 0.3) is 0 Å². The zero-order valence-corrected chi connectivity index (χ0v) is 11.5. The molecule has 1 aromatic carbocycles. The summed E-state index contributed by atoms with van der Waals surface area (Å²) >= 11 is 0. The van der Waals surface area contributed by atoms with E-state index in [1.165, 1.54) is 0 Å². The van der Waals surface area contributed by atoms with E-state index in [9.17, 15) is 8.42 Å². The lowest BCUT2D eigenvalue weighted by atomic mass is 9.95. The predicted molar refractivity (Wildman–Crippen MR) is 70.9 cm³/mol. The van der Waals surface area contributed by atoms with E-state index in [0.717, 1.165) is 12.8 Å². The van der Waals surface area contributed by atoms with Gasteiger partial charge in [0.2, 0.25) is 9.84 Å². The molecule has 0 fully saturated rings. The van der Waals surface area contributed by atoms with Gasteiger partial charge in [0.15, 0.2) is 0 Å². The second kappa shape index (κ2) is 5.24. The van der Waals surface area contributed by atoms with Crippen molar-refractivity contribution in [3.05, 3.63) is 41.3 Å². The Morgan fingerprint density at radius 3 is 2.44 bits per heavy atom. The Morgan fingerprint density at radius 2 is 1.83 bits per heavy atom. The van der Waals surface area contributed by atoms with Gasteiger partial charge in [-0.3, -0.25) is 0 Å². The van der Waals surface area contributed by atoms with Crippen molar-refractivity contribution < 1.29 is 13.2 Å². The highest BCUT2D eigenvalue weighted by Crippen LogP contribution is 2.33. The first kappa shape index (κ1) is 13.3. The number of allylic oxidation sites excluding steroid dienone is 1. The molecular formula is C14H18O3S. The molecule has 0 heterocycles. The molecule has 0 saturated heterocycles. The normalized spacial score (nSPS) is 24.7. The van der Waals surface area contributed by atoms with Crippen LogP contribution in [0.2, 0.25) is 0 Å². The molecule has 1 aliphatic carbocycles. The smallest absolute Gasteiger partial charge is 0.202 e. The van der Waals surface area contributed by atoms with Gasteiger partial charge in [0.25, 0.3) is 0 Å². The molecule has 0 bridgehead atoms. The lowest BCUT2D eigenvalue weighted by Crippen LogP contribution is -2.22. The molecule has 2 rings (SSSR count). The Morgan fingerprint density at radius 1 is 1.17 bits per heavy atom. The molecule has 1 aliphatic rings. The molecule has 3 nitrogen and oxygen atoms in total. The summed E-state index contributed by atoms with van der Waals surface area (Å²) < 4.78 is 30.3. The van der Waals surface area contributed by atoms with Gasteiger partial charge < -0.3 is 4.74 Å². The van der Waals surface area contributed by atoms with Crippen LogP contribution in [0.3, 0.4) is 0 Å². The minimum atomic E-state index is -3.37. The third-order valence-electron chi connectivity index (χ3n) is 3.39. The van der Waals surface area contributed by atoms with E-state index in [2.05, 4.69) is 0 Å². The molecular weight excluding hydrogens is 248 g/mol. The van der Waals surface area contributed by atoms with E-state index in [-0.39, 0.29) is 12.0 Å². The lowest BCUT2D eigenvalue weighted by molar-refractivity contribution is 0.122. The Kier molecular flexibility index (Phi) is 3.88. The fraction of sp³-hybridized carbons (Fsp3) is 0.429. The number of rotatable bonds is 3. The first-order chi connectivity index (χ1) is 8.55. The third kappa shape index (κ3) is 2.49. The monoisotopic (exact) mass is 266 g/mol. The van der Waals surface area contributed by atoms with Crippen molar-refractivity contribution in [1.29, 1.82) is 0 Å². The van der Waals surface area contributed by atoms with Gasteiger partial charge in [0.05, 0.1) is 15.9 Å². The Bertz CT molecular complexity index is 531. The van der Waals surface area contributed by atoms with Gasteiger partial charge >= 0.3 is 0 Å². The maximum absolute atomic E-state index is 12.5. The molecule has 1 aromatic rings. The Labute approximate surface area is 108 Å². The first-order valence-electron chi connectivity index (χ1n) is 6.10. The van der Waals surface area contributed by atoms with Crippen LogP contribution in [0.5, 0.6) is 0 Å². The Balaban J connectivity index is 2.43. The molecule has 0 unspecified atom stereocenters. The van der Waals surface area contributed by atoms with Crippen LogP contribution in [0.4, 0.5) is 0 Å². The highest BCUT2D eigenvalue weighted by Gasteiger charge is 2.29. The molecule has 98 valence electrons. The summed E-state index contributed by atoms with van der Waals surface area (Å²) in [7, 11) is -1.76. The fourth-order valence-corrected chi connectivity index (χ4v) is 4.03. The second-order valence-corrected chi connectivity index (χ2v) is 6.59. The SMILES string of the molecule is CO[C@@H]1C=C(S(=O)(=O)c2ccccc2)[C@@H](C)CC1. The summed E-state index contributed by atoms with van der Waals surface area (Å²) in [5.74, 6) is 0.0570. The Hall–Kier alpha value is -1.13. The van der Waals surface area contributed by atoms with Crippen LogP contribution in [-0.2, 0) is 14.6 Å². The van der Waals surface area contributed by atoms with Gasteiger partial charge in [0.1, 0.15) is 0 Å². The average Bonchev–Trinajstić information content (AvgIpc) is 2.40. The number of hydrogen-bond acceptors (Lipinski definition) is 3. The van der Waals surface area contributed by atoms with Gasteiger partial charge in [0, 0.05) is 7.11 Å². The zero-order chi connectivity index (χ0) is 13.2. The molecule has 0 spiro atoms. The van der Waals surface area contributed by atoms with Crippen molar-refractivity contribution in [3.8, 4) is 0 Å². The topological polar surface area (TPSA) is 43.4 Å². The van der Waals surface area contributed by atoms with Crippen molar-refractivity contribution >= 4 is 9.84 Å². The summed E-state index contributed by atoms with van der Waals surface area (Å²) in [6.07, 6.45) is 3.40. The number of methoxy groups -OCH3 is 1. The van der Waals surface area contributed by atoms with Crippen molar-refractivity contribution in [1.82, 2.24) is 0 Å². The van der Waals surface area contributed by atoms with Gasteiger partial charge in [-0.25, -0.2) is 8.42 Å². The van der Waals surface area contributed by atoms with Gasteiger partial charge in [-0.1, -0.05) is 25.1 Å². The number of sulfone groups is 1.